The van der Waals surface area contributed by atoms with Crippen LogP contribution in [0.15, 0.2) is 60.7 Å². The molecule has 28 heavy (non-hydrogen) atoms. The summed E-state index contributed by atoms with van der Waals surface area (Å²) >= 11 is 0. The van der Waals surface area contributed by atoms with Gasteiger partial charge in [-0.25, -0.2) is 0 Å². The molecule has 2 aromatic carbocycles. The molecule has 3 rings (SSSR count). The minimum Gasteiger partial charge on any atom is -0.343 e. The molecule has 1 aliphatic rings. The Morgan fingerprint density at radius 1 is 1.21 bits per heavy atom. The fourth-order valence-electron chi connectivity index (χ4n) is 3.08. The summed E-state index contributed by atoms with van der Waals surface area (Å²) in [6.07, 6.45) is 3.29. The zero-order valence-corrected chi connectivity index (χ0v) is 18.4. The maximum atomic E-state index is 11.0. The summed E-state index contributed by atoms with van der Waals surface area (Å²) in [4.78, 5) is 12.7. The maximum Gasteiger partial charge on any atom is 0.236 e. The Hall–Kier alpha value is -2.39. The molecule has 3 nitrogen and oxygen atoms in total. The largest absolute Gasteiger partial charge is 0.343 e. The topological polar surface area (TPSA) is 32.3 Å². The third-order valence-electron chi connectivity index (χ3n) is 4.83. The van der Waals surface area contributed by atoms with Gasteiger partial charge in [-0.2, -0.15) is 0 Å². The van der Waals surface area contributed by atoms with E-state index in [9.17, 15) is 4.79 Å². The maximum absolute atomic E-state index is 11.0. The third kappa shape index (κ3) is 6.65. The summed E-state index contributed by atoms with van der Waals surface area (Å²) in [5.74, 6) is 0.155. The van der Waals surface area contributed by atoms with E-state index in [4.69, 9.17) is 0 Å². The first kappa shape index (κ1) is 23.6. The monoisotopic (exact) mass is 380 g/mol. The van der Waals surface area contributed by atoms with Gasteiger partial charge in [-0.1, -0.05) is 75.4 Å². The quantitative estimate of drug-likeness (QED) is 0.696. The summed E-state index contributed by atoms with van der Waals surface area (Å²) < 4.78 is 0. The fraction of sp³-hybridized carbons (Fsp3) is 0.400. The fourth-order valence-corrected chi connectivity index (χ4v) is 3.08. The molecule has 1 aliphatic heterocycles. The SMILES string of the molecule is C/C=C(\CC)c1ccc2ccccc2c1.C=C(C)C1CN(C)C(=O)CN1.CC. The first-order valence-electron chi connectivity index (χ1n) is 10.2. The number of nitrogens with zero attached hydrogens (tertiary/aromatic N) is 1. The Morgan fingerprint density at radius 2 is 1.86 bits per heavy atom. The number of hydrogen-bond acceptors (Lipinski definition) is 2. The van der Waals surface area contributed by atoms with E-state index in [-0.39, 0.29) is 11.9 Å². The molecule has 3 heteroatoms. The lowest BCUT2D eigenvalue weighted by Gasteiger charge is -2.30. The molecular weight excluding hydrogens is 344 g/mol. The van der Waals surface area contributed by atoms with Crippen LogP contribution < -0.4 is 5.32 Å². The van der Waals surface area contributed by atoms with Gasteiger partial charge in [-0.15, -0.1) is 0 Å². The van der Waals surface area contributed by atoms with Crippen LogP contribution in [0.4, 0.5) is 0 Å². The number of allylic oxidation sites excluding steroid dienone is 2. The molecule has 0 aliphatic carbocycles. The van der Waals surface area contributed by atoms with E-state index in [1.165, 1.54) is 21.9 Å². The second-order valence-corrected chi connectivity index (χ2v) is 6.78. The van der Waals surface area contributed by atoms with Crippen molar-refractivity contribution in [3.8, 4) is 0 Å². The predicted octanol–water partition coefficient (Wildman–Crippen LogP) is 5.67. The van der Waals surface area contributed by atoms with Crippen LogP contribution in [0, 0.1) is 0 Å². The minimum absolute atomic E-state index is 0.155. The molecule has 1 fully saturated rings. The van der Waals surface area contributed by atoms with Gasteiger partial charge in [0, 0.05) is 19.6 Å². The van der Waals surface area contributed by atoms with E-state index in [1.807, 2.05) is 27.8 Å². The van der Waals surface area contributed by atoms with Crippen molar-refractivity contribution in [2.24, 2.45) is 0 Å². The molecule has 0 saturated carbocycles. The third-order valence-corrected chi connectivity index (χ3v) is 4.83. The van der Waals surface area contributed by atoms with E-state index in [0.717, 1.165) is 18.5 Å². The van der Waals surface area contributed by atoms with Crippen molar-refractivity contribution in [2.75, 3.05) is 20.1 Å². The highest BCUT2D eigenvalue weighted by molar-refractivity contribution is 5.86. The molecule has 0 radical (unpaired) electrons. The number of carbonyl (C=O) groups is 1. The van der Waals surface area contributed by atoms with Crippen LogP contribution in [0.1, 0.15) is 46.6 Å². The molecule has 1 unspecified atom stereocenters. The zero-order chi connectivity index (χ0) is 21.1. The summed E-state index contributed by atoms with van der Waals surface area (Å²) in [7, 11) is 1.82. The molecule has 152 valence electrons. The molecule has 1 saturated heterocycles. The summed E-state index contributed by atoms with van der Waals surface area (Å²) in [6, 6.07) is 15.4. The molecule has 1 heterocycles. The predicted molar refractivity (Wildman–Crippen MR) is 123 cm³/mol. The van der Waals surface area contributed by atoms with Crippen LogP contribution >= 0.6 is 0 Å². The van der Waals surface area contributed by atoms with Crippen molar-refractivity contribution in [3.05, 3.63) is 66.3 Å². The Morgan fingerprint density at radius 3 is 2.39 bits per heavy atom. The number of piperazine rings is 1. The van der Waals surface area contributed by atoms with Gasteiger partial charge in [-0.3, -0.25) is 4.79 Å². The number of likely N-dealkylation sites (N-methyl/N-ethyl adjacent to an activating group) is 1. The second-order valence-electron chi connectivity index (χ2n) is 6.78. The van der Waals surface area contributed by atoms with Crippen molar-refractivity contribution < 1.29 is 4.79 Å². The lowest BCUT2D eigenvalue weighted by atomic mass is 10.00. The smallest absolute Gasteiger partial charge is 0.236 e. The molecule has 1 amide bonds. The minimum atomic E-state index is 0.155. The molecular formula is C25H36N2O. The van der Waals surface area contributed by atoms with Crippen LogP contribution in [0.25, 0.3) is 16.3 Å². The number of fused-ring (bicyclic) bond motifs is 1. The number of hydrogen-bond donors (Lipinski definition) is 1. The molecule has 2 aromatic rings. The Bertz CT molecular complexity index is 807. The molecule has 1 atom stereocenters. The van der Waals surface area contributed by atoms with Crippen LogP contribution in [0.2, 0.25) is 0 Å². The van der Waals surface area contributed by atoms with Crippen LogP contribution in [-0.2, 0) is 4.79 Å². The normalized spacial score (nSPS) is 16.6. The van der Waals surface area contributed by atoms with Gasteiger partial charge in [0.15, 0.2) is 0 Å². The average molecular weight is 381 g/mol. The summed E-state index contributed by atoms with van der Waals surface area (Å²) in [5.41, 5.74) is 3.85. The zero-order valence-electron chi connectivity index (χ0n) is 18.4. The molecule has 0 aromatic heterocycles. The Kier molecular flexibility index (Phi) is 10.3. The van der Waals surface area contributed by atoms with E-state index < -0.39 is 0 Å². The molecule has 1 N–H and O–H groups in total. The number of rotatable bonds is 3. The number of amides is 1. The lowest BCUT2D eigenvalue weighted by molar-refractivity contribution is -0.131. The number of carbonyl (C=O) groups excluding carboxylic acids is 1. The van der Waals surface area contributed by atoms with Gasteiger partial charge in [0.25, 0.3) is 0 Å². The summed E-state index contributed by atoms with van der Waals surface area (Å²) in [5, 5.41) is 5.74. The van der Waals surface area contributed by atoms with E-state index in [1.54, 1.807) is 4.90 Å². The summed E-state index contributed by atoms with van der Waals surface area (Å²) in [6.45, 7) is 15.3. The van der Waals surface area contributed by atoms with Crippen molar-refractivity contribution in [1.82, 2.24) is 10.2 Å². The van der Waals surface area contributed by atoms with Crippen molar-refractivity contribution in [3.63, 3.8) is 0 Å². The van der Waals surface area contributed by atoms with Gasteiger partial charge in [-0.05, 0) is 48.2 Å². The van der Waals surface area contributed by atoms with E-state index >= 15 is 0 Å². The second kappa shape index (κ2) is 12.1. The first-order valence-corrected chi connectivity index (χ1v) is 10.2. The molecule has 0 bridgehead atoms. The molecule has 0 spiro atoms. The standard InChI is InChI=1S/C15H16.C8H14N2O.C2H6/c1-3-12(4-2)15-10-9-13-7-5-6-8-14(13)11-15;1-6(2)7-5-10(3)8(11)4-9-7;1-2/h3,5-11H,4H2,1-2H3;7,9H,1,4-5H2,2-3H3;1-2H3/b12-3+;;. The highest BCUT2D eigenvalue weighted by Crippen LogP contribution is 2.22. The Balaban J connectivity index is 0.000000268. The van der Waals surface area contributed by atoms with Crippen LogP contribution in [-0.4, -0.2) is 37.0 Å². The van der Waals surface area contributed by atoms with Crippen LogP contribution in [0.3, 0.4) is 0 Å². The van der Waals surface area contributed by atoms with Gasteiger partial charge in [0.1, 0.15) is 0 Å². The lowest BCUT2D eigenvalue weighted by Crippen LogP contribution is -2.52. The average Bonchev–Trinajstić information content (AvgIpc) is 2.73. The van der Waals surface area contributed by atoms with Crippen molar-refractivity contribution in [1.29, 1.82) is 0 Å². The highest BCUT2D eigenvalue weighted by atomic mass is 16.2. The van der Waals surface area contributed by atoms with Gasteiger partial charge >= 0.3 is 0 Å². The number of benzene rings is 2. The number of nitrogens with one attached hydrogen (secondary N) is 1. The van der Waals surface area contributed by atoms with Gasteiger partial charge in [0.05, 0.1) is 6.54 Å². The van der Waals surface area contributed by atoms with Crippen molar-refractivity contribution >= 4 is 22.3 Å². The van der Waals surface area contributed by atoms with Crippen molar-refractivity contribution in [2.45, 2.75) is 47.1 Å². The van der Waals surface area contributed by atoms with Gasteiger partial charge < -0.3 is 10.2 Å². The first-order chi connectivity index (χ1) is 13.5. The van der Waals surface area contributed by atoms with Gasteiger partial charge in [0.2, 0.25) is 5.91 Å². The van der Waals surface area contributed by atoms with Crippen LogP contribution in [0.5, 0.6) is 0 Å². The highest BCUT2D eigenvalue weighted by Gasteiger charge is 2.21. The van der Waals surface area contributed by atoms with E-state index in [0.29, 0.717) is 6.54 Å². The van der Waals surface area contributed by atoms with E-state index in [2.05, 4.69) is 74.3 Å². The Labute approximate surface area is 171 Å².